The molecular weight excluding hydrogens is 678 g/mol. The van der Waals surface area contributed by atoms with Crippen LogP contribution in [-0.4, -0.2) is 77.2 Å². The fraction of sp³-hybridized carbons (Fsp3) is 0.412. The molecule has 12 heteroatoms. The lowest BCUT2D eigenvalue weighted by Gasteiger charge is -2.38. The Labute approximate surface area is 280 Å². The molecule has 0 aliphatic carbocycles. The van der Waals surface area contributed by atoms with Gasteiger partial charge in [-0.15, -0.1) is 0 Å². The number of amides is 3. The normalized spacial score (nSPS) is 31.3. The number of aliphatic hydroxyl groups is 1. The Morgan fingerprint density at radius 1 is 1.09 bits per heavy atom. The number of cyclic esters (lactones) is 1. The second-order valence-electron chi connectivity index (χ2n) is 12.1. The molecule has 10 nitrogen and oxygen atoms in total. The van der Waals surface area contributed by atoms with Gasteiger partial charge in [0.25, 0.3) is 5.91 Å². The highest BCUT2D eigenvalue weighted by Crippen LogP contribution is 2.59. The fourth-order valence-corrected chi connectivity index (χ4v) is 8.18. The lowest BCUT2D eigenvalue weighted by molar-refractivity contribution is -0.146. The third-order valence-electron chi connectivity index (χ3n) is 9.26. The van der Waals surface area contributed by atoms with Crippen molar-refractivity contribution < 1.29 is 33.8 Å². The molecule has 6 rings (SSSR count). The third kappa shape index (κ3) is 5.46. The maximum absolute atomic E-state index is 14.9. The number of aliphatic hydroxyl groups excluding tert-OH is 1. The number of nitrogens with one attached hydrogen (secondary N) is 1. The molecule has 2 fully saturated rings. The van der Waals surface area contributed by atoms with Crippen molar-refractivity contribution >= 4 is 56.9 Å². The molecule has 242 valence electrons. The summed E-state index contributed by atoms with van der Waals surface area (Å²) in [6.07, 6.45) is 4.93. The van der Waals surface area contributed by atoms with Crippen molar-refractivity contribution in [2.45, 2.75) is 56.5 Å². The summed E-state index contributed by atoms with van der Waals surface area (Å²) in [5.74, 6) is -3.91. The van der Waals surface area contributed by atoms with Gasteiger partial charge in [0.15, 0.2) is 0 Å². The molecule has 0 radical (unpaired) electrons. The molecule has 0 unspecified atom stereocenters. The molecule has 2 aromatic rings. The van der Waals surface area contributed by atoms with Crippen LogP contribution in [0.25, 0.3) is 0 Å². The number of hydrogen-bond acceptors (Lipinski definition) is 7. The van der Waals surface area contributed by atoms with Gasteiger partial charge < -0.3 is 29.7 Å². The zero-order chi connectivity index (χ0) is 32.7. The first-order valence-electron chi connectivity index (χ1n) is 15.3. The largest absolute Gasteiger partial charge is 0.463 e. The maximum atomic E-state index is 14.9. The van der Waals surface area contributed by atoms with Crippen molar-refractivity contribution in [3.63, 3.8) is 0 Å². The average molecular weight is 713 g/mol. The van der Waals surface area contributed by atoms with Crippen LogP contribution in [0.1, 0.15) is 36.9 Å². The molecule has 7 atom stereocenters. The molecule has 2 N–H and O–H groups in total. The smallest absolute Gasteiger partial charge is 0.306 e. The Bertz CT molecular complexity index is 1600. The summed E-state index contributed by atoms with van der Waals surface area (Å²) in [5, 5.41) is 13.6. The van der Waals surface area contributed by atoms with Crippen LogP contribution in [0.4, 0.5) is 5.69 Å². The quantitative estimate of drug-likeness (QED) is 0.363. The summed E-state index contributed by atoms with van der Waals surface area (Å²) in [6, 6.07) is 11.8. The van der Waals surface area contributed by atoms with Crippen LogP contribution < -0.4 is 10.2 Å². The van der Waals surface area contributed by atoms with Crippen molar-refractivity contribution in [3.8, 4) is 0 Å². The highest BCUT2D eigenvalue weighted by atomic mass is 79.9. The highest BCUT2D eigenvalue weighted by molar-refractivity contribution is 9.11. The van der Waals surface area contributed by atoms with Crippen molar-refractivity contribution in [1.82, 2.24) is 10.2 Å². The van der Waals surface area contributed by atoms with E-state index in [1.54, 1.807) is 37.3 Å². The first-order valence-corrected chi connectivity index (χ1v) is 16.5. The van der Waals surface area contributed by atoms with Crippen LogP contribution in [0.2, 0.25) is 5.02 Å². The number of nitrogens with zero attached hydrogens (tertiary/aromatic N) is 2. The van der Waals surface area contributed by atoms with Gasteiger partial charge >= 0.3 is 5.97 Å². The predicted molar refractivity (Wildman–Crippen MR) is 174 cm³/mol. The Morgan fingerprint density at radius 3 is 2.57 bits per heavy atom. The van der Waals surface area contributed by atoms with Crippen LogP contribution in [0, 0.1) is 18.8 Å². The molecule has 3 amide bonds. The zero-order valence-electron chi connectivity index (χ0n) is 25.4. The van der Waals surface area contributed by atoms with Gasteiger partial charge in [0.05, 0.1) is 41.2 Å². The number of rotatable bonds is 4. The molecule has 0 saturated carbocycles. The standard InChI is InChI=1S/C34H35BrClN3O7/c1-19-10-9-13-23(36)28(19)38-15-8-4-7-14-25(41)45-18-24(21-11-5-3-6-12-21)37-31(42)26-27-32(43)39(20(2)17-40)30(33(38)44)34(27)16-22(35)29(26)46-34/h3-6,8-13,16,20,24,26-27,29-30,40H,7,14-15,17-18H2,1-2H3,(H,37,42)/b8-4-/t20-,24-,26-,27+,29-,30-,34+/m1/s1. The second kappa shape index (κ2) is 12.9. The summed E-state index contributed by atoms with van der Waals surface area (Å²) in [6.45, 7) is 3.07. The van der Waals surface area contributed by atoms with E-state index in [2.05, 4.69) is 21.2 Å². The van der Waals surface area contributed by atoms with E-state index in [0.29, 0.717) is 21.6 Å². The SMILES string of the molecule is Cc1cccc(Cl)c1N1C/C=C\CCC(=O)OC[C@H](c2ccccc2)NC(=O)[C@H]2[C@@H]3O[C@@]4(C=C3Br)[C@@H]2C(=O)N([C@H](C)CO)[C@@H]4C1=O. The van der Waals surface area contributed by atoms with Gasteiger partial charge in [-0.1, -0.05) is 82.1 Å². The average Bonchev–Trinajstić information content (AvgIpc) is 3.64. The number of hydrogen-bond donors (Lipinski definition) is 2. The summed E-state index contributed by atoms with van der Waals surface area (Å²) in [7, 11) is 0. The summed E-state index contributed by atoms with van der Waals surface area (Å²) in [4.78, 5) is 59.2. The highest BCUT2D eigenvalue weighted by Gasteiger charge is 2.75. The summed E-state index contributed by atoms with van der Waals surface area (Å²) in [5.41, 5.74) is 0.432. The van der Waals surface area contributed by atoms with Gasteiger partial charge in [-0.25, -0.2) is 0 Å². The van der Waals surface area contributed by atoms with Crippen LogP contribution in [-0.2, 0) is 28.7 Å². The van der Waals surface area contributed by atoms with E-state index in [1.807, 2.05) is 43.3 Å². The number of aryl methyl sites for hydroxylation is 1. The molecule has 0 aromatic heterocycles. The van der Waals surface area contributed by atoms with Gasteiger partial charge in [0.1, 0.15) is 24.4 Å². The predicted octanol–water partition coefficient (Wildman–Crippen LogP) is 3.99. The number of esters is 1. The lowest BCUT2D eigenvalue weighted by atomic mass is 9.74. The Balaban J connectivity index is 1.49. The molecule has 2 saturated heterocycles. The minimum absolute atomic E-state index is 0.0829. The van der Waals surface area contributed by atoms with Crippen LogP contribution in [0.15, 0.2) is 71.2 Å². The van der Waals surface area contributed by atoms with Crippen molar-refractivity contribution in [2.75, 3.05) is 24.7 Å². The molecule has 4 heterocycles. The Hall–Kier alpha value is -3.51. The molecule has 4 aliphatic heterocycles. The zero-order valence-corrected chi connectivity index (χ0v) is 27.7. The molecule has 46 heavy (non-hydrogen) atoms. The monoisotopic (exact) mass is 711 g/mol. The lowest BCUT2D eigenvalue weighted by Crippen LogP contribution is -2.58. The summed E-state index contributed by atoms with van der Waals surface area (Å²) < 4.78 is 12.7. The van der Waals surface area contributed by atoms with E-state index in [-0.39, 0.29) is 19.6 Å². The van der Waals surface area contributed by atoms with Crippen LogP contribution in [0.3, 0.4) is 0 Å². The number of benzene rings is 2. The minimum Gasteiger partial charge on any atom is -0.463 e. The number of carbonyl (C=O) groups is 4. The van der Waals surface area contributed by atoms with Gasteiger partial charge in [0.2, 0.25) is 11.8 Å². The van der Waals surface area contributed by atoms with E-state index in [4.69, 9.17) is 21.1 Å². The molecule has 4 aliphatic rings. The topological polar surface area (TPSA) is 125 Å². The molecular formula is C34H35BrClN3O7. The number of fused-ring (bicyclic) bond motifs is 2. The van der Waals surface area contributed by atoms with Crippen molar-refractivity contribution in [3.05, 3.63) is 87.4 Å². The first kappa shape index (κ1) is 32.4. The maximum Gasteiger partial charge on any atom is 0.306 e. The number of allylic oxidation sites excluding steroid dienone is 1. The number of anilines is 1. The first-order chi connectivity index (χ1) is 22.1. The van der Waals surface area contributed by atoms with Crippen LogP contribution >= 0.6 is 27.5 Å². The van der Waals surface area contributed by atoms with E-state index < -0.39 is 72.0 Å². The van der Waals surface area contributed by atoms with E-state index in [1.165, 1.54) is 9.80 Å². The Kier molecular flexibility index (Phi) is 9.13. The number of ether oxygens (including phenoxy) is 2. The van der Waals surface area contributed by atoms with E-state index in [0.717, 1.165) is 11.1 Å². The van der Waals surface area contributed by atoms with E-state index >= 15 is 0 Å². The number of carbonyl (C=O) groups excluding carboxylic acids is 4. The number of likely N-dealkylation sites (tertiary alicyclic amines) is 1. The van der Waals surface area contributed by atoms with Gasteiger partial charge in [-0.05, 0) is 43.5 Å². The Morgan fingerprint density at radius 2 is 1.85 bits per heavy atom. The van der Waals surface area contributed by atoms with Crippen molar-refractivity contribution in [1.29, 1.82) is 0 Å². The van der Waals surface area contributed by atoms with Gasteiger partial charge in [-0.2, -0.15) is 0 Å². The van der Waals surface area contributed by atoms with Gasteiger partial charge in [0, 0.05) is 17.4 Å². The number of halogens is 2. The third-order valence-corrected chi connectivity index (χ3v) is 10.2. The van der Waals surface area contributed by atoms with Crippen LogP contribution in [0.5, 0.6) is 0 Å². The van der Waals surface area contributed by atoms with Crippen molar-refractivity contribution in [2.24, 2.45) is 11.8 Å². The van der Waals surface area contributed by atoms with E-state index in [9.17, 15) is 24.3 Å². The van der Waals surface area contributed by atoms with Gasteiger partial charge in [-0.3, -0.25) is 19.2 Å². The second-order valence-corrected chi connectivity index (χ2v) is 13.4. The molecule has 2 aromatic carbocycles. The fourth-order valence-electron chi connectivity index (χ4n) is 7.12. The molecule has 1 spiro atoms. The summed E-state index contributed by atoms with van der Waals surface area (Å²) >= 11 is 10.3. The molecule has 5 bridgehead atoms. The number of para-hydroxylation sites is 1. The minimum atomic E-state index is -1.50.